The Hall–Kier alpha value is -1.48. The molecule has 16 N–H and O–H groups in total. The van der Waals surface area contributed by atoms with E-state index in [0.29, 0.717) is 38.5 Å². The lowest BCUT2D eigenvalue weighted by Crippen LogP contribution is -2.67. The van der Waals surface area contributed by atoms with E-state index in [0.717, 1.165) is 18.4 Å². The zero-order valence-electron chi connectivity index (χ0n) is 45.3. The molecule has 4 heterocycles. The van der Waals surface area contributed by atoms with E-state index in [1.807, 2.05) is 6.92 Å². The van der Waals surface area contributed by atoms with Crippen molar-refractivity contribution in [3.05, 3.63) is 23.3 Å². The Morgan fingerprint density at radius 1 is 0.526 bits per heavy atom. The molecule has 78 heavy (non-hydrogen) atoms. The van der Waals surface area contributed by atoms with E-state index in [2.05, 4.69) is 46.8 Å². The van der Waals surface area contributed by atoms with E-state index < -0.39 is 183 Å². The molecule has 5 aliphatic carbocycles. The number of fused-ring (bicyclic) bond motifs is 6. The van der Waals surface area contributed by atoms with E-state index in [1.165, 1.54) is 5.57 Å². The summed E-state index contributed by atoms with van der Waals surface area (Å²) >= 11 is 0. The Labute approximate surface area is 453 Å². The largest absolute Gasteiger partial charge is 0.396 e. The number of aliphatic hydroxyl groups excluding tert-OH is 16. The smallest absolute Gasteiger partial charge is 0.187 e. The van der Waals surface area contributed by atoms with Crippen molar-refractivity contribution < 1.29 is 120 Å². The van der Waals surface area contributed by atoms with Crippen molar-refractivity contribution >= 4 is 0 Å². The minimum Gasteiger partial charge on any atom is -0.396 e. The fraction of sp³-hybridized carbons (Fsp3) is 0.926. The van der Waals surface area contributed by atoms with Gasteiger partial charge in [-0.3, -0.25) is 0 Å². The Morgan fingerprint density at radius 3 is 1.58 bits per heavy atom. The second kappa shape index (κ2) is 22.5. The van der Waals surface area contributed by atoms with Crippen molar-refractivity contribution in [2.75, 3.05) is 39.6 Å². The molecule has 24 nitrogen and oxygen atoms in total. The molecule has 0 aromatic heterocycles. The van der Waals surface area contributed by atoms with Gasteiger partial charge in [-0.15, -0.1) is 0 Å². The summed E-state index contributed by atoms with van der Waals surface area (Å²) in [7, 11) is 0. The molecule has 7 fully saturated rings. The molecule has 0 amide bonds. The molecule has 0 aromatic rings. The van der Waals surface area contributed by atoms with Crippen molar-refractivity contribution in [1.29, 1.82) is 0 Å². The third kappa shape index (κ3) is 9.82. The van der Waals surface area contributed by atoms with Gasteiger partial charge in [0.05, 0.1) is 51.8 Å². The van der Waals surface area contributed by atoms with Gasteiger partial charge in [0, 0.05) is 16.2 Å². The SMILES string of the molecule is CC1(C)CCC2(CO)C(=C3C=CC4C5(C)CCC(OC6OC(COC7OC(CO)C(O)C(O)C7OC7OC(CO)C(O)C(O)C7O)C(O)C(O)C6OC6OC(CO)C(O)C(O)C6O)C(C)(CO)C5CCC4(C)C3(C)CC2O)C1. The molecule has 24 heteroatoms. The van der Waals surface area contributed by atoms with E-state index in [1.54, 1.807) is 0 Å². The minimum atomic E-state index is -1.98. The van der Waals surface area contributed by atoms with Crippen LogP contribution in [0.4, 0.5) is 0 Å². The van der Waals surface area contributed by atoms with Crippen LogP contribution in [0.5, 0.6) is 0 Å². The molecular weight excluding hydrogens is 1030 g/mol. The highest BCUT2D eigenvalue weighted by atomic mass is 16.8. The zero-order chi connectivity index (χ0) is 57.0. The molecule has 4 saturated heterocycles. The lowest BCUT2D eigenvalue weighted by Gasteiger charge is -2.70. The molecule has 448 valence electrons. The third-order valence-corrected chi connectivity index (χ3v) is 21.1. The fourth-order valence-electron chi connectivity index (χ4n) is 15.9. The molecule has 4 aliphatic heterocycles. The molecular formula is C54H88O24. The standard InChI is InChI=1S/C54H88O24/c1-49(2)13-14-54(22-59)24(15-49)23-7-8-30-50(3)11-10-32(51(4,21-58)29(50)9-12-52(30,5)53(23,6)16-31(54)60)76-48-44(78-46-42(70)38(66)34(62)26(18-56)73-46)40(68)36(64)28(75-48)20-71-47-43(39(67)35(63)27(19-57)74-47)77-45-41(69)37(65)33(61)25(17-55)72-45/h7-8,25-48,55-70H,9-22H2,1-6H3. The molecule has 3 saturated carbocycles. The average Bonchev–Trinajstić information content (AvgIpc) is 2.04. The van der Waals surface area contributed by atoms with Gasteiger partial charge in [0.1, 0.15) is 97.7 Å². The van der Waals surface area contributed by atoms with Crippen molar-refractivity contribution in [3.8, 4) is 0 Å². The van der Waals surface area contributed by atoms with Crippen molar-refractivity contribution in [2.45, 2.75) is 228 Å². The second-order valence-electron chi connectivity index (χ2n) is 25.9. The number of allylic oxidation sites excluding steroid dienone is 3. The Kier molecular flexibility index (Phi) is 17.6. The first-order valence-electron chi connectivity index (χ1n) is 27.8. The van der Waals surface area contributed by atoms with E-state index in [4.69, 9.17) is 37.9 Å². The molecule has 0 radical (unpaired) electrons. The van der Waals surface area contributed by atoms with Gasteiger partial charge in [-0.1, -0.05) is 59.3 Å². The normalized spacial score (nSPS) is 54.2. The first-order chi connectivity index (χ1) is 36.6. The highest BCUT2D eigenvalue weighted by Gasteiger charge is 2.69. The average molecular weight is 1120 g/mol. The maximum absolute atomic E-state index is 12.2. The van der Waals surface area contributed by atoms with Gasteiger partial charge in [-0.05, 0) is 85.0 Å². The molecule has 0 spiro atoms. The van der Waals surface area contributed by atoms with Crippen molar-refractivity contribution in [2.24, 2.45) is 44.3 Å². The molecule has 9 aliphatic rings. The highest BCUT2D eigenvalue weighted by molar-refractivity contribution is 5.47. The van der Waals surface area contributed by atoms with Crippen LogP contribution in [0.25, 0.3) is 0 Å². The third-order valence-electron chi connectivity index (χ3n) is 21.1. The van der Waals surface area contributed by atoms with Crippen LogP contribution < -0.4 is 0 Å². The lowest BCUT2D eigenvalue weighted by molar-refractivity contribution is -0.388. The number of aliphatic hydroxyl groups is 16. The summed E-state index contributed by atoms with van der Waals surface area (Å²) in [5, 5.41) is 175. The van der Waals surface area contributed by atoms with Crippen LogP contribution in [-0.4, -0.2) is 256 Å². The highest BCUT2D eigenvalue weighted by Crippen LogP contribution is 2.74. The van der Waals surface area contributed by atoms with E-state index >= 15 is 0 Å². The summed E-state index contributed by atoms with van der Waals surface area (Å²) in [5.74, 6) is -0.246. The van der Waals surface area contributed by atoms with Gasteiger partial charge in [0.15, 0.2) is 25.2 Å². The second-order valence-corrected chi connectivity index (χ2v) is 25.9. The Balaban J connectivity index is 1.00. The number of hydrogen-bond acceptors (Lipinski definition) is 24. The van der Waals surface area contributed by atoms with Gasteiger partial charge in [-0.25, -0.2) is 0 Å². The topological polar surface area (TPSA) is 398 Å². The molecule has 9 rings (SSSR count). The van der Waals surface area contributed by atoms with Crippen molar-refractivity contribution in [1.82, 2.24) is 0 Å². The molecule has 0 bridgehead atoms. The maximum Gasteiger partial charge on any atom is 0.187 e. The summed E-state index contributed by atoms with van der Waals surface area (Å²) in [6.07, 6.45) is -27.6. The van der Waals surface area contributed by atoms with Crippen LogP contribution in [0.3, 0.4) is 0 Å². The summed E-state index contributed by atoms with van der Waals surface area (Å²) < 4.78 is 48.2. The van der Waals surface area contributed by atoms with Gasteiger partial charge >= 0.3 is 0 Å². The minimum absolute atomic E-state index is 0.0163. The van der Waals surface area contributed by atoms with Crippen LogP contribution in [0.15, 0.2) is 23.3 Å². The lowest BCUT2D eigenvalue weighted by atomic mass is 9.35. The Bertz CT molecular complexity index is 2150. The number of rotatable bonds is 14. The number of hydrogen-bond donors (Lipinski definition) is 16. The monoisotopic (exact) mass is 1120 g/mol. The molecule has 29 unspecified atom stereocenters. The first kappa shape index (κ1) is 61.1. The predicted octanol–water partition coefficient (Wildman–Crippen LogP) is -3.70. The van der Waals surface area contributed by atoms with Gasteiger partial charge < -0.3 is 120 Å². The van der Waals surface area contributed by atoms with Crippen LogP contribution in [0.1, 0.15) is 92.9 Å². The molecule has 0 aromatic carbocycles. The summed E-state index contributed by atoms with van der Waals surface area (Å²) in [5.41, 5.74) is -0.690. The van der Waals surface area contributed by atoms with Gasteiger partial charge in [-0.2, -0.15) is 0 Å². The summed E-state index contributed by atoms with van der Waals surface area (Å²) in [6.45, 7) is 9.51. The van der Waals surface area contributed by atoms with E-state index in [-0.39, 0.29) is 35.9 Å². The maximum atomic E-state index is 12.2. The number of ether oxygens (including phenoxy) is 8. The molecule has 29 atom stereocenters. The van der Waals surface area contributed by atoms with Crippen LogP contribution in [-0.2, 0) is 37.9 Å². The summed E-state index contributed by atoms with van der Waals surface area (Å²) in [6, 6.07) is 0. The van der Waals surface area contributed by atoms with Gasteiger partial charge in [0.25, 0.3) is 0 Å². The van der Waals surface area contributed by atoms with Crippen molar-refractivity contribution in [3.63, 3.8) is 0 Å². The zero-order valence-corrected chi connectivity index (χ0v) is 45.3. The van der Waals surface area contributed by atoms with Crippen LogP contribution in [0.2, 0.25) is 0 Å². The summed E-state index contributed by atoms with van der Waals surface area (Å²) in [4.78, 5) is 0. The van der Waals surface area contributed by atoms with Crippen LogP contribution >= 0.6 is 0 Å². The van der Waals surface area contributed by atoms with E-state index in [9.17, 15) is 81.7 Å². The quantitative estimate of drug-likeness (QED) is 0.0745. The van der Waals surface area contributed by atoms with Gasteiger partial charge in [0.2, 0.25) is 0 Å². The Morgan fingerprint density at radius 2 is 1.04 bits per heavy atom. The predicted molar refractivity (Wildman–Crippen MR) is 265 cm³/mol. The first-order valence-corrected chi connectivity index (χ1v) is 27.8. The van der Waals surface area contributed by atoms with Crippen LogP contribution in [0, 0.1) is 44.3 Å². The fourth-order valence-corrected chi connectivity index (χ4v) is 15.9.